The first-order valence-corrected chi connectivity index (χ1v) is 5.56. The Morgan fingerprint density at radius 1 is 1.29 bits per heavy atom. The van der Waals surface area contributed by atoms with Gasteiger partial charge in [0, 0.05) is 9.86 Å². The molecule has 2 heterocycles. The highest BCUT2D eigenvalue weighted by atomic mass is 79.9. The first-order chi connectivity index (χ1) is 8.15. The van der Waals surface area contributed by atoms with Gasteiger partial charge in [-0.05, 0) is 18.2 Å². The van der Waals surface area contributed by atoms with Gasteiger partial charge < -0.3 is 9.40 Å². The molecule has 0 fully saturated rings. The number of benzene rings is 1. The van der Waals surface area contributed by atoms with Crippen LogP contribution in [0.4, 0.5) is 0 Å². The number of aromatic amines is 1. The highest BCUT2D eigenvalue weighted by molar-refractivity contribution is 9.10. The smallest absolute Gasteiger partial charge is 0.402 e. The van der Waals surface area contributed by atoms with Gasteiger partial charge in [0.15, 0.2) is 5.58 Å². The highest BCUT2D eigenvalue weighted by Crippen LogP contribution is 2.23. The van der Waals surface area contributed by atoms with Gasteiger partial charge in [-0.15, -0.1) is 0 Å². The molecule has 1 aromatic carbocycles. The predicted molar refractivity (Wildman–Crippen MR) is 66.1 cm³/mol. The van der Waals surface area contributed by atoms with Crippen molar-refractivity contribution in [1.29, 1.82) is 0 Å². The van der Waals surface area contributed by atoms with E-state index in [1.165, 1.54) is 6.20 Å². The maximum atomic E-state index is 11.2. The normalized spacial score (nSPS) is 11.1. The van der Waals surface area contributed by atoms with Crippen LogP contribution in [-0.4, -0.2) is 9.97 Å². The van der Waals surface area contributed by atoms with E-state index in [-0.39, 0.29) is 0 Å². The molecule has 6 heteroatoms. The van der Waals surface area contributed by atoms with E-state index in [1.54, 1.807) is 12.1 Å². The fourth-order valence-corrected chi connectivity index (χ4v) is 2.01. The van der Waals surface area contributed by atoms with Crippen molar-refractivity contribution in [2.24, 2.45) is 0 Å². The molecule has 0 atom stereocenters. The SMILES string of the molecule is O=c1[nH]c2cnc3ccc(Br)cc3c2oc1=O. The van der Waals surface area contributed by atoms with E-state index in [0.717, 1.165) is 4.47 Å². The molecule has 0 radical (unpaired) electrons. The first kappa shape index (κ1) is 10.2. The zero-order chi connectivity index (χ0) is 12.0. The standard InChI is InChI=1S/C11H5BrN2O3/c12-5-1-2-7-6(3-5)9-8(4-13-7)14-10(15)11(16)17-9/h1-4H,(H,14,15). The Bertz CT molecular complexity index is 851. The van der Waals surface area contributed by atoms with Crippen LogP contribution < -0.4 is 11.2 Å². The molecular weight excluding hydrogens is 288 g/mol. The van der Waals surface area contributed by atoms with Gasteiger partial charge in [-0.2, -0.15) is 0 Å². The number of nitrogens with zero attached hydrogens (tertiary/aromatic N) is 1. The molecule has 84 valence electrons. The van der Waals surface area contributed by atoms with Crippen LogP contribution in [-0.2, 0) is 0 Å². The number of halogens is 1. The summed E-state index contributed by atoms with van der Waals surface area (Å²) in [5.41, 5.74) is -0.268. The summed E-state index contributed by atoms with van der Waals surface area (Å²) >= 11 is 3.33. The number of pyridine rings is 1. The second kappa shape index (κ2) is 3.53. The summed E-state index contributed by atoms with van der Waals surface area (Å²) in [6.07, 6.45) is 1.47. The summed E-state index contributed by atoms with van der Waals surface area (Å²) in [4.78, 5) is 29.0. The van der Waals surface area contributed by atoms with Gasteiger partial charge >= 0.3 is 11.2 Å². The summed E-state index contributed by atoms with van der Waals surface area (Å²) in [5.74, 6) is 0. The van der Waals surface area contributed by atoms with Crippen molar-refractivity contribution in [2.75, 3.05) is 0 Å². The Kier molecular flexibility index (Phi) is 2.12. The van der Waals surface area contributed by atoms with E-state index in [0.29, 0.717) is 22.0 Å². The number of hydrogen-bond acceptors (Lipinski definition) is 4. The Labute approximate surface area is 102 Å². The topological polar surface area (TPSA) is 76.0 Å². The van der Waals surface area contributed by atoms with Gasteiger partial charge in [-0.1, -0.05) is 15.9 Å². The summed E-state index contributed by atoms with van der Waals surface area (Å²) in [6.45, 7) is 0. The fraction of sp³-hybridized carbons (Fsp3) is 0. The lowest BCUT2D eigenvalue weighted by atomic mass is 10.2. The molecule has 0 saturated carbocycles. The van der Waals surface area contributed by atoms with Crippen LogP contribution >= 0.6 is 15.9 Å². The average Bonchev–Trinajstić information content (AvgIpc) is 2.31. The minimum atomic E-state index is -0.912. The molecule has 0 unspecified atom stereocenters. The number of nitrogens with one attached hydrogen (secondary N) is 1. The molecule has 0 bridgehead atoms. The largest absolute Gasteiger partial charge is 0.416 e. The molecule has 0 aliphatic heterocycles. The van der Waals surface area contributed by atoms with Crippen molar-refractivity contribution >= 4 is 37.9 Å². The van der Waals surface area contributed by atoms with E-state index < -0.39 is 11.2 Å². The molecule has 0 spiro atoms. The van der Waals surface area contributed by atoms with Crippen LogP contribution in [0.25, 0.3) is 22.0 Å². The number of H-pyrrole nitrogens is 1. The minimum absolute atomic E-state index is 0.334. The number of hydrogen-bond donors (Lipinski definition) is 1. The van der Waals surface area contributed by atoms with E-state index in [1.807, 2.05) is 6.07 Å². The van der Waals surface area contributed by atoms with Gasteiger partial charge in [-0.3, -0.25) is 9.78 Å². The van der Waals surface area contributed by atoms with Gasteiger partial charge in [0.25, 0.3) is 0 Å². The van der Waals surface area contributed by atoms with Crippen molar-refractivity contribution in [3.63, 3.8) is 0 Å². The van der Waals surface area contributed by atoms with E-state index in [9.17, 15) is 9.59 Å². The van der Waals surface area contributed by atoms with Crippen LogP contribution in [0.15, 0.2) is 42.9 Å². The Morgan fingerprint density at radius 2 is 2.12 bits per heavy atom. The number of fused-ring (bicyclic) bond motifs is 3. The van der Waals surface area contributed by atoms with Gasteiger partial charge in [0.2, 0.25) is 0 Å². The van der Waals surface area contributed by atoms with Crippen LogP contribution in [0.5, 0.6) is 0 Å². The molecule has 3 aromatic rings. The Balaban J connectivity index is 2.63. The number of aromatic nitrogens is 2. The molecule has 3 rings (SSSR count). The predicted octanol–water partition coefficient (Wildman–Crippen LogP) is 1.79. The molecule has 17 heavy (non-hydrogen) atoms. The second-order valence-corrected chi connectivity index (χ2v) is 4.42. The molecule has 0 amide bonds. The third-order valence-corrected chi connectivity index (χ3v) is 2.90. The number of rotatable bonds is 0. The second-order valence-electron chi connectivity index (χ2n) is 3.51. The van der Waals surface area contributed by atoms with Crippen molar-refractivity contribution in [3.8, 4) is 0 Å². The molecular formula is C11H5BrN2O3. The third-order valence-electron chi connectivity index (χ3n) is 2.41. The summed E-state index contributed by atoms with van der Waals surface area (Å²) in [7, 11) is 0. The van der Waals surface area contributed by atoms with Crippen molar-refractivity contribution in [1.82, 2.24) is 9.97 Å². The molecule has 2 aromatic heterocycles. The van der Waals surface area contributed by atoms with Crippen LogP contribution in [0, 0.1) is 0 Å². The van der Waals surface area contributed by atoms with Crippen LogP contribution in [0.2, 0.25) is 0 Å². The monoisotopic (exact) mass is 292 g/mol. The van der Waals surface area contributed by atoms with Crippen molar-refractivity contribution in [3.05, 3.63) is 49.6 Å². The van der Waals surface area contributed by atoms with Gasteiger partial charge in [-0.25, -0.2) is 4.79 Å². The third kappa shape index (κ3) is 1.57. The lowest BCUT2D eigenvalue weighted by Gasteiger charge is -2.01. The summed E-state index contributed by atoms with van der Waals surface area (Å²) in [5, 5.41) is 0.672. The molecule has 0 saturated heterocycles. The van der Waals surface area contributed by atoms with Gasteiger partial charge in [0.1, 0.15) is 5.52 Å². The summed E-state index contributed by atoms with van der Waals surface area (Å²) < 4.78 is 5.84. The first-order valence-electron chi connectivity index (χ1n) is 4.76. The lowest BCUT2D eigenvalue weighted by Crippen LogP contribution is -2.25. The lowest BCUT2D eigenvalue weighted by molar-refractivity contribution is 0.549. The Hall–Kier alpha value is -1.95. The van der Waals surface area contributed by atoms with E-state index in [2.05, 4.69) is 25.9 Å². The zero-order valence-corrected chi connectivity index (χ0v) is 9.95. The highest BCUT2D eigenvalue weighted by Gasteiger charge is 2.07. The van der Waals surface area contributed by atoms with Gasteiger partial charge in [0.05, 0.1) is 11.7 Å². The summed E-state index contributed by atoms with van der Waals surface area (Å²) in [6, 6.07) is 5.42. The zero-order valence-electron chi connectivity index (χ0n) is 8.36. The van der Waals surface area contributed by atoms with E-state index >= 15 is 0 Å². The fourth-order valence-electron chi connectivity index (χ4n) is 1.65. The van der Waals surface area contributed by atoms with Crippen LogP contribution in [0.3, 0.4) is 0 Å². The average molecular weight is 293 g/mol. The van der Waals surface area contributed by atoms with Crippen molar-refractivity contribution in [2.45, 2.75) is 0 Å². The van der Waals surface area contributed by atoms with E-state index in [4.69, 9.17) is 4.42 Å². The maximum absolute atomic E-state index is 11.2. The quantitative estimate of drug-likeness (QED) is 0.506. The molecule has 0 aliphatic rings. The molecule has 0 aliphatic carbocycles. The Morgan fingerprint density at radius 3 is 2.94 bits per heavy atom. The minimum Gasteiger partial charge on any atom is -0.416 e. The van der Waals surface area contributed by atoms with Crippen molar-refractivity contribution < 1.29 is 4.42 Å². The van der Waals surface area contributed by atoms with Crippen LogP contribution in [0.1, 0.15) is 0 Å². The molecule has 5 nitrogen and oxygen atoms in total. The molecule has 1 N–H and O–H groups in total. The maximum Gasteiger partial charge on any atom is 0.402 e.